The lowest BCUT2D eigenvalue weighted by Gasteiger charge is -2.32. The molecular formula is C26H25F2N3O4. The van der Waals surface area contributed by atoms with Gasteiger partial charge in [0.15, 0.2) is 5.76 Å². The lowest BCUT2D eigenvalue weighted by atomic mass is 10.0. The van der Waals surface area contributed by atoms with E-state index >= 15 is 0 Å². The topological polar surface area (TPSA) is 91.7 Å². The zero-order chi connectivity index (χ0) is 24.8. The standard InChI is InChI=1S/C26H25F2N3O4/c27-18-9-7-17(8-10-18)24(26(34)30-20-4-1-2-5-20)31(21-13-11-19(28)12-14-21)23(32)16-29-25(33)22-6-3-15-35-22/h3,6-15,20,24H,1-2,4-5,16H2,(H,29,33)(H,30,34)/t24-/m0/s1. The molecule has 0 radical (unpaired) electrons. The van der Waals surface area contributed by atoms with Crippen molar-refractivity contribution in [2.75, 3.05) is 11.4 Å². The zero-order valence-corrected chi connectivity index (χ0v) is 18.9. The van der Waals surface area contributed by atoms with Crippen LogP contribution in [-0.2, 0) is 9.59 Å². The second kappa shape index (κ2) is 10.9. The van der Waals surface area contributed by atoms with Gasteiger partial charge in [0, 0.05) is 11.7 Å². The van der Waals surface area contributed by atoms with E-state index in [9.17, 15) is 23.2 Å². The summed E-state index contributed by atoms with van der Waals surface area (Å²) in [4.78, 5) is 40.5. The van der Waals surface area contributed by atoms with Crippen LogP contribution in [0, 0.1) is 11.6 Å². The van der Waals surface area contributed by atoms with Gasteiger partial charge in [-0.1, -0.05) is 25.0 Å². The Kier molecular flexibility index (Phi) is 7.54. The molecule has 3 amide bonds. The molecule has 1 aromatic heterocycles. The van der Waals surface area contributed by atoms with Gasteiger partial charge in [-0.3, -0.25) is 19.3 Å². The summed E-state index contributed by atoms with van der Waals surface area (Å²) in [5, 5.41) is 5.48. The summed E-state index contributed by atoms with van der Waals surface area (Å²) >= 11 is 0. The third-order valence-electron chi connectivity index (χ3n) is 5.91. The van der Waals surface area contributed by atoms with E-state index in [1.807, 2.05) is 0 Å². The number of halogens is 2. The number of carbonyl (C=O) groups is 3. The Morgan fingerprint density at radius 1 is 0.943 bits per heavy atom. The van der Waals surface area contributed by atoms with E-state index in [0.717, 1.165) is 25.7 Å². The average molecular weight is 481 g/mol. The molecule has 1 aliphatic rings. The Morgan fingerprint density at radius 3 is 2.17 bits per heavy atom. The molecule has 0 spiro atoms. The number of hydrogen-bond acceptors (Lipinski definition) is 4. The molecule has 7 nitrogen and oxygen atoms in total. The lowest BCUT2D eigenvalue weighted by Crippen LogP contribution is -2.49. The molecule has 0 saturated heterocycles. The minimum atomic E-state index is -1.17. The van der Waals surface area contributed by atoms with Crippen LogP contribution in [0.2, 0.25) is 0 Å². The second-order valence-corrected chi connectivity index (χ2v) is 8.34. The maximum Gasteiger partial charge on any atom is 0.287 e. The van der Waals surface area contributed by atoms with E-state index in [4.69, 9.17) is 4.42 Å². The highest BCUT2D eigenvalue weighted by Crippen LogP contribution is 2.29. The van der Waals surface area contributed by atoms with Gasteiger partial charge in [-0.25, -0.2) is 8.78 Å². The maximum absolute atomic E-state index is 13.7. The van der Waals surface area contributed by atoms with Crippen molar-refractivity contribution in [2.24, 2.45) is 0 Å². The van der Waals surface area contributed by atoms with Crippen LogP contribution in [0.3, 0.4) is 0 Å². The Bertz CT molecular complexity index is 1160. The van der Waals surface area contributed by atoms with Gasteiger partial charge in [-0.15, -0.1) is 0 Å². The smallest absolute Gasteiger partial charge is 0.287 e. The molecule has 0 unspecified atom stereocenters. The van der Waals surface area contributed by atoms with Crippen molar-refractivity contribution in [3.8, 4) is 0 Å². The van der Waals surface area contributed by atoms with Crippen molar-refractivity contribution in [1.29, 1.82) is 0 Å². The predicted molar refractivity (Wildman–Crippen MR) is 124 cm³/mol. The van der Waals surface area contributed by atoms with Crippen molar-refractivity contribution < 1.29 is 27.6 Å². The van der Waals surface area contributed by atoms with Crippen LogP contribution in [0.25, 0.3) is 0 Å². The highest BCUT2D eigenvalue weighted by Gasteiger charge is 2.34. The number of hydrogen-bond donors (Lipinski definition) is 2. The normalized spacial score (nSPS) is 14.3. The molecule has 35 heavy (non-hydrogen) atoms. The maximum atomic E-state index is 13.7. The van der Waals surface area contributed by atoms with Crippen molar-refractivity contribution in [3.05, 3.63) is 89.9 Å². The molecule has 0 bridgehead atoms. The molecule has 1 aliphatic carbocycles. The summed E-state index contributed by atoms with van der Waals surface area (Å²) in [5.41, 5.74) is 0.622. The van der Waals surface area contributed by atoms with E-state index in [0.29, 0.717) is 5.56 Å². The van der Waals surface area contributed by atoms with Crippen molar-refractivity contribution >= 4 is 23.4 Å². The van der Waals surface area contributed by atoms with Gasteiger partial charge in [-0.05, 0) is 66.9 Å². The van der Waals surface area contributed by atoms with Crippen molar-refractivity contribution in [1.82, 2.24) is 10.6 Å². The molecular weight excluding hydrogens is 456 g/mol. The predicted octanol–water partition coefficient (Wildman–Crippen LogP) is 4.12. The summed E-state index contributed by atoms with van der Waals surface area (Å²) in [5.74, 6) is -2.64. The molecule has 3 aromatic rings. The molecule has 182 valence electrons. The van der Waals surface area contributed by atoms with Crippen molar-refractivity contribution in [2.45, 2.75) is 37.8 Å². The molecule has 2 N–H and O–H groups in total. The number of amides is 3. The zero-order valence-electron chi connectivity index (χ0n) is 18.9. The van der Waals surface area contributed by atoms with Gasteiger partial charge in [0.05, 0.1) is 12.8 Å². The highest BCUT2D eigenvalue weighted by molar-refractivity contribution is 6.04. The van der Waals surface area contributed by atoms with Gasteiger partial charge in [0.2, 0.25) is 11.8 Å². The first-order chi connectivity index (χ1) is 16.9. The van der Waals surface area contributed by atoms with Gasteiger partial charge in [-0.2, -0.15) is 0 Å². The minimum absolute atomic E-state index is 0.0280. The fraction of sp³-hybridized carbons (Fsp3) is 0.269. The molecule has 1 heterocycles. The van der Waals surface area contributed by atoms with Crippen LogP contribution in [-0.4, -0.2) is 30.3 Å². The first-order valence-corrected chi connectivity index (χ1v) is 11.4. The quantitative estimate of drug-likeness (QED) is 0.506. The van der Waals surface area contributed by atoms with Crippen LogP contribution in [0.1, 0.15) is 47.8 Å². The van der Waals surface area contributed by atoms with Crippen LogP contribution in [0.15, 0.2) is 71.3 Å². The number of furan rings is 1. The fourth-order valence-electron chi connectivity index (χ4n) is 4.19. The number of carbonyl (C=O) groups excluding carboxylic acids is 3. The number of rotatable bonds is 8. The number of anilines is 1. The van der Waals surface area contributed by atoms with Crippen LogP contribution in [0.5, 0.6) is 0 Å². The average Bonchev–Trinajstić information content (AvgIpc) is 3.57. The SMILES string of the molecule is O=C(NCC(=O)N(c1ccc(F)cc1)[C@H](C(=O)NC1CCCC1)c1ccc(F)cc1)c1ccco1. The van der Waals surface area contributed by atoms with Crippen LogP contribution in [0.4, 0.5) is 14.5 Å². The number of nitrogens with zero attached hydrogens (tertiary/aromatic N) is 1. The van der Waals surface area contributed by atoms with Crippen LogP contribution >= 0.6 is 0 Å². The summed E-state index contributed by atoms with van der Waals surface area (Å²) in [6, 6.07) is 12.2. The second-order valence-electron chi connectivity index (χ2n) is 8.34. The molecule has 0 aliphatic heterocycles. The Hall–Kier alpha value is -4.01. The first-order valence-electron chi connectivity index (χ1n) is 11.4. The van der Waals surface area contributed by atoms with Gasteiger partial charge in [0.1, 0.15) is 17.7 Å². The number of nitrogens with one attached hydrogen (secondary N) is 2. The Balaban J connectivity index is 1.67. The van der Waals surface area contributed by atoms with E-state index in [1.165, 1.54) is 65.8 Å². The summed E-state index contributed by atoms with van der Waals surface area (Å²) in [7, 11) is 0. The number of benzene rings is 2. The fourth-order valence-corrected chi connectivity index (χ4v) is 4.19. The summed E-state index contributed by atoms with van der Waals surface area (Å²) in [6.45, 7) is -0.453. The van der Waals surface area contributed by atoms with E-state index in [-0.39, 0.29) is 17.5 Å². The molecule has 1 atom stereocenters. The first kappa shape index (κ1) is 24.1. The summed E-state index contributed by atoms with van der Waals surface area (Å²) in [6.07, 6.45) is 4.97. The van der Waals surface area contributed by atoms with E-state index < -0.39 is 41.9 Å². The third kappa shape index (κ3) is 5.92. The molecule has 1 fully saturated rings. The van der Waals surface area contributed by atoms with E-state index in [1.54, 1.807) is 6.07 Å². The van der Waals surface area contributed by atoms with Gasteiger partial charge in [0.25, 0.3) is 5.91 Å². The van der Waals surface area contributed by atoms with Gasteiger partial charge >= 0.3 is 0 Å². The molecule has 2 aromatic carbocycles. The third-order valence-corrected chi connectivity index (χ3v) is 5.91. The lowest BCUT2D eigenvalue weighted by molar-refractivity contribution is -0.126. The molecule has 1 saturated carbocycles. The van der Waals surface area contributed by atoms with Gasteiger partial charge < -0.3 is 15.1 Å². The monoisotopic (exact) mass is 481 g/mol. The van der Waals surface area contributed by atoms with E-state index in [2.05, 4.69) is 10.6 Å². The Labute approximate surface area is 201 Å². The van der Waals surface area contributed by atoms with Crippen LogP contribution < -0.4 is 15.5 Å². The highest BCUT2D eigenvalue weighted by atomic mass is 19.1. The molecule has 9 heteroatoms. The molecule has 4 rings (SSSR count). The minimum Gasteiger partial charge on any atom is -0.459 e. The largest absolute Gasteiger partial charge is 0.459 e. The summed E-state index contributed by atoms with van der Waals surface area (Å²) < 4.78 is 32.4. The Morgan fingerprint density at radius 2 is 1.57 bits per heavy atom. The van der Waals surface area contributed by atoms with Crippen molar-refractivity contribution in [3.63, 3.8) is 0 Å².